The van der Waals surface area contributed by atoms with Crippen LogP contribution in [0.5, 0.6) is 11.5 Å². The number of ether oxygens (including phenoxy) is 3. The molecule has 0 bridgehead atoms. The second-order valence-corrected chi connectivity index (χ2v) is 8.67. The first-order chi connectivity index (χ1) is 14.6. The van der Waals surface area contributed by atoms with Crippen LogP contribution in [0, 0.1) is 15.5 Å². The van der Waals surface area contributed by atoms with E-state index in [1.54, 1.807) is 13.8 Å². The predicted octanol–water partition coefficient (Wildman–Crippen LogP) is 3.49. The number of nitro benzene ring substituents is 1. The number of carbonyl (C=O) groups is 2. The third-order valence-electron chi connectivity index (χ3n) is 5.76. The maximum absolute atomic E-state index is 13.3. The second kappa shape index (κ2) is 7.40. The summed E-state index contributed by atoms with van der Waals surface area (Å²) in [5.41, 5.74) is 1.46. The molecular formula is C22H24N2O7. The number of nitrogens with zero attached hydrogens (tertiary/aromatic N) is 1. The molecule has 1 atom stereocenters. The Bertz CT molecular complexity index is 1070. The largest absolute Gasteiger partial charge is 0.463 e. The number of nitrogens with one attached hydrogen (secondary N) is 1. The van der Waals surface area contributed by atoms with Crippen molar-refractivity contribution in [2.45, 2.75) is 46.5 Å². The summed E-state index contributed by atoms with van der Waals surface area (Å²) in [6, 6.07) is 2.79. The first-order valence-corrected chi connectivity index (χ1v) is 10.1. The quantitative estimate of drug-likeness (QED) is 0.440. The van der Waals surface area contributed by atoms with E-state index >= 15 is 0 Å². The molecule has 0 radical (unpaired) electrons. The van der Waals surface area contributed by atoms with Gasteiger partial charge in [0, 0.05) is 29.0 Å². The zero-order chi connectivity index (χ0) is 22.5. The number of hydrogen-bond acceptors (Lipinski definition) is 8. The van der Waals surface area contributed by atoms with Crippen LogP contribution in [0.4, 0.5) is 5.69 Å². The minimum absolute atomic E-state index is 0.0527. The lowest BCUT2D eigenvalue weighted by Gasteiger charge is -2.39. The lowest BCUT2D eigenvalue weighted by molar-refractivity contribution is -0.385. The van der Waals surface area contributed by atoms with Crippen LogP contribution in [0.25, 0.3) is 0 Å². The number of hydrogen-bond donors (Lipinski definition) is 1. The van der Waals surface area contributed by atoms with Crippen LogP contribution in [-0.4, -0.2) is 30.1 Å². The van der Waals surface area contributed by atoms with Crippen molar-refractivity contribution in [1.29, 1.82) is 0 Å². The Hall–Kier alpha value is -3.36. The fourth-order valence-corrected chi connectivity index (χ4v) is 4.56. The van der Waals surface area contributed by atoms with Gasteiger partial charge in [-0.15, -0.1) is 0 Å². The van der Waals surface area contributed by atoms with Crippen molar-refractivity contribution in [1.82, 2.24) is 5.32 Å². The zero-order valence-electron chi connectivity index (χ0n) is 17.9. The molecule has 1 aromatic rings. The highest BCUT2D eigenvalue weighted by molar-refractivity contribution is 6.04. The Morgan fingerprint density at radius 3 is 2.61 bits per heavy atom. The summed E-state index contributed by atoms with van der Waals surface area (Å²) in [4.78, 5) is 37.6. The van der Waals surface area contributed by atoms with Gasteiger partial charge in [0.2, 0.25) is 6.79 Å². The molecule has 4 rings (SSSR count). The summed E-state index contributed by atoms with van der Waals surface area (Å²) in [5, 5.41) is 15.2. The number of allylic oxidation sites excluding steroid dienone is 3. The van der Waals surface area contributed by atoms with Crippen LogP contribution in [0.15, 0.2) is 34.7 Å². The summed E-state index contributed by atoms with van der Waals surface area (Å²) >= 11 is 0. The summed E-state index contributed by atoms with van der Waals surface area (Å²) in [5.74, 6) is -1.11. The van der Waals surface area contributed by atoms with E-state index in [0.29, 0.717) is 29.1 Å². The molecular weight excluding hydrogens is 404 g/mol. The Labute approximate surface area is 179 Å². The molecule has 0 saturated heterocycles. The molecule has 1 aromatic carbocycles. The minimum atomic E-state index is -0.936. The van der Waals surface area contributed by atoms with Crippen molar-refractivity contribution < 1.29 is 28.7 Å². The third-order valence-corrected chi connectivity index (χ3v) is 5.76. The van der Waals surface area contributed by atoms with E-state index in [1.165, 1.54) is 12.1 Å². The number of nitro groups is 1. The minimum Gasteiger partial charge on any atom is -0.463 e. The second-order valence-electron chi connectivity index (χ2n) is 8.67. The number of esters is 1. The van der Waals surface area contributed by atoms with Gasteiger partial charge in [-0.3, -0.25) is 14.9 Å². The van der Waals surface area contributed by atoms with Gasteiger partial charge in [-0.05, 0) is 31.7 Å². The van der Waals surface area contributed by atoms with Gasteiger partial charge in [0.05, 0.1) is 29.1 Å². The Kier molecular flexibility index (Phi) is 4.99. The number of rotatable bonds is 4. The van der Waals surface area contributed by atoms with Gasteiger partial charge in [-0.2, -0.15) is 0 Å². The lowest BCUT2D eigenvalue weighted by atomic mass is 9.68. The number of Topliss-reactive ketones (excluding diaryl/α,β-unsaturated/α-hetero) is 1. The monoisotopic (exact) mass is 428 g/mol. The first kappa shape index (κ1) is 20.9. The van der Waals surface area contributed by atoms with Gasteiger partial charge in [-0.25, -0.2) is 4.79 Å². The van der Waals surface area contributed by atoms with Gasteiger partial charge in [0.25, 0.3) is 5.69 Å². The fourth-order valence-electron chi connectivity index (χ4n) is 4.56. The van der Waals surface area contributed by atoms with E-state index in [-0.39, 0.29) is 53.6 Å². The third kappa shape index (κ3) is 3.54. The molecule has 0 saturated carbocycles. The summed E-state index contributed by atoms with van der Waals surface area (Å²) < 4.78 is 16.0. The predicted molar refractivity (Wildman–Crippen MR) is 109 cm³/mol. The fraction of sp³-hybridized carbons (Fsp3) is 0.455. The topological polar surface area (TPSA) is 117 Å². The van der Waals surface area contributed by atoms with E-state index in [4.69, 9.17) is 14.2 Å². The van der Waals surface area contributed by atoms with Crippen molar-refractivity contribution in [2.24, 2.45) is 5.41 Å². The number of fused-ring (bicyclic) bond motifs is 1. The van der Waals surface area contributed by atoms with Gasteiger partial charge in [-0.1, -0.05) is 13.8 Å². The molecule has 2 heterocycles. The molecule has 1 N–H and O–H groups in total. The molecule has 0 spiro atoms. The van der Waals surface area contributed by atoms with Gasteiger partial charge in [0.1, 0.15) is 0 Å². The number of carbonyl (C=O) groups excluding carboxylic acids is 2. The van der Waals surface area contributed by atoms with Crippen LogP contribution < -0.4 is 14.8 Å². The molecule has 1 unspecified atom stereocenters. The molecule has 164 valence electrons. The normalized spacial score (nSPS) is 21.5. The maximum atomic E-state index is 13.3. The molecule has 3 aliphatic rings. The van der Waals surface area contributed by atoms with Gasteiger partial charge in [0.15, 0.2) is 17.3 Å². The SMILES string of the molecule is CCOC(=O)C1=C(C)NC2=C(C(=O)CC(C)(C)C2)C1c1cc2c(cc1[N+](=O)[O-])OCO2. The van der Waals surface area contributed by atoms with Crippen molar-refractivity contribution in [2.75, 3.05) is 13.4 Å². The number of dihydropyridines is 1. The highest BCUT2D eigenvalue weighted by Crippen LogP contribution is 2.50. The standard InChI is InChI=1S/C22H24N2O7/c1-5-29-21(26)18-11(2)23-13-8-22(3,4)9-15(25)20(13)19(18)12-6-16-17(31-10-30-16)7-14(12)24(27)28/h6-7,19,23H,5,8-10H2,1-4H3. The average Bonchev–Trinajstić information content (AvgIpc) is 3.12. The Balaban J connectivity index is 1.98. The van der Waals surface area contributed by atoms with Crippen molar-refractivity contribution >= 4 is 17.4 Å². The Morgan fingerprint density at radius 2 is 1.97 bits per heavy atom. The van der Waals surface area contributed by atoms with E-state index < -0.39 is 16.8 Å². The summed E-state index contributed by atoms with van der Waals surface area (Å²) in [6.45, 7) is 7.47. The average molecular weight is 428 g/mol. The molecule has 1 aliphatic carbocycles. The molecule has 31 heavy (non-hydrogen) atoms. The van der Waals surface area contributed by atoms with Crippen LogP contribution in [0.2, 0.25) is 0 Å². The van der Waals surface area contributed by atoms with Crippen LogP contribution >= 0.6 is 0 Å². The Morgan fingerprint density at radius 1 is 1.29 bits per heavy atom. The lowest BCUT2D eigenvalue weighted by Crippen LogP contribution is -2.38. The first-order valence-electron chi connectivity index (χ1n) is 10.1. The van der Waals surface area contributed by atoms with Crippen LogP contribution in [0.3, 0.4) is 0 Å². The van der Waals surface area contributed by atoms with E-state index in [2.05, 4.69) is 5.32 Å². The maximum Gasteiger partial charge on any atom is 0.336 e. The summed E-state index contributed by atoms with van der Waals surface area (Å²) in [7, 11) is 0. The van der Waals surface area contributed by atoms with Crippen molar-refractivity contribution in [3.05, 3.63) is 50.4 Å². The smallest absolute Gasteiger partial charge is 0.336 e. The van der Waals surface area contributed by atoms with Crippen LogP contribution in [0.1, 0.15) is 52.0 Å². The highest BCUT2D eigenvalue weighted by atomic mass is 16.7. The zero-order valence-corrected chi connectivity index (χ0v) is 17.9. The van der Waals surface area contributed by atoms with Crippen molar-refractivity contribution in [3.63, 3.8) is 0 Å². The molecule has 9 heteroatoms. The van der Waals surface area contributed by atoms with E-state index in [9.17, 15) is 19.7 Å². The van der Waals surface area contributed by atoms with Crippen LogP contribution in [-0.2, 0) is 14.3 Å². The molecule has 2 aliphatic heterocycles. The number of ketones is 1. The van der Waals surface area contributed by atoms with Gasteiger partial charge >= 0.3 is 5.97 Å². The molecule has 9 nitrogen and oxygen atoms in total. The number of benzene rings is 1. The highest BCUT2D eigenvalue weighted by Gasteiger charge is 2.45. The van der Waals surface area contributed by atoms with Crippen molar-refractivity contribution in [3.8, 4) is 11.5 Å². The summed E-state index contributed by atoms with van der Waals surface area (Å²) in [6.07, 6.45) is 0.855. The molecule has 0 fully saturated rings. The van der Waals surface area contributed by atoms with E-state index in [1.807, 2.05) is 13.8 Å². The van der Waals surface area contributed by atoms with Gasteiger partial charge < -0.3 is 19.5 Å². The molecule has 0 amide bonds. The molecule has 0 aromatic heterocycles. The van der Waals surface area contributed by atoms with E-state index in [0.717, 1.165) is 0 Å².